The molecule has 0 spiro atoms. The van der Waals surface area contributed by atoms with Crippen molar-refractivity contribution in [2.75, 3.05) is 26.4 Å². The molecule has 134 valence electrons. The lowest BCUT2D eigenvalue weighted by atomic mass is 9.91. The van der Waals surface area contributed by atoms with Crippen LogP contribution in [0.3, 0.4) is 0 Å². The van der Waals surface area contributed by atoms with Gasteiger partial charge in [0.25, 0.3) is 0 Å². The van der Waals surface area contributed by atoms with Gasteiger partial charge in [-0.2, -0.15) is 0 Å². The van der Waals surface area contributed by atoms with Crippen molar-refractivity contribution in [1.29, 1.82) is 0 Å². The second-order valence-corrected chi connectivity index (χ2v) is 6.65. The number of hydrogen-bond donors (Lipinski definition) is 1. The van der Waals surface area contributed by atoms with Gasteiger partial charge in [-0.15, -0.1) is 0 Å². The molecule has 6 nitrogen and oxygen atoms in total. The molecule has 1 atom stereocenters. The molecule has 3 heterocycles. The van der Waals surface area contributed by atoms with Gasteiger partial charge in [-0.25, -0.2) is 4.98 Å². The number of aromatic nitrogens is 2. The fraction of sp³-hybridized carbons (Fsp3) is 0.526. The number of para-hydroxylation sites is 1. The number of hydrogen-bond acceptors (Lipinski definition) is 5. The Kier molecular flexibility index (Phi) is 4.90. The van der Waals surface area contributed by atoms with Crippen molar-refractivity contribution in [3.05, 3.63) is 42.0 Å². The topological polar surface area (TPSA) is 57.5 Å². The molecule has 1 aromatic carbocycles. The fourth-order valence-corrected chi connectivity index (χ4v) is 3.69. The molecule has 25 heavy (non-hydrogen) atoms. The molecule has 0 bridgehead atoms. The van der Waals surface area contributed by atoms with E-state index < -0.39 is 0 Å². The Morgan fingerprint density at radius 3 is 2.84 bits per heavy atom. The summed E-state index contributed by atoms with van der Waals surface area (Å²) in [5, 5.41) is 3.72. The molecule has 0 radical (unpaired) electrons. The van der Waals surface area contributed by atoms with Gasteiger partial charge in [-0.3, -0.25) is 0 Å². The Morgan fingerprint density at radius 2 is 2.04 bits per heavy atom. The molecule has 4 rings (SSSR count). The van der Waals surface area contributed by atoms with Crippen LogP contribution < -0.4 is 14.8 Å². The van der Waals surface area contributed by atoms with Crippen LogP contribution in [0, 0.1) is 5.92 Å². The smallest absolute Gasteiger partial charge is 0.165 e. The number of imidazole rings is 1. The third-order valence-corrected chi connectivity index (χ3v) is 5.03. The molecule has 1 aromatic heterocycles. The minimum atomic E-state index is 0.198. The largest absolute Gasteiger partial charge is 0.486 e. The first-order chi connectivity index (χ1) is 12.3. The second-order valence-electron chi connectivity index (χ2n) is 6.65. The molecule has 1 unspecified atom stereocenters. The Morgan fingerprint density at radius 1 is 1.20 bits per heavy atom. The Hall–Kier alpha value is -2.05. The summed E-state index contributed by atoms with van der Waals surface area (Å²) < 4.78 is 19.2. The normalized spacial score (nSPS) is 18.9. The summed E-state index contributed by atoms with van der Waals surface area (Å²) in [6.07, 6.45) is 5.98. The molecule has 0 saturated carbocycles. The zero-order chi connectivity index (χ0) is 17.1. The van der Waals surface area contributed by atoms with E-state index in [9.17, 15) is 0 Å². The zero-order valence-corrected chi connectivity index (χ0v) is 14.6. The maximum Gasteiger partial charge on any atom is 0.165 e. The van der Waals surface area contributed by atoms with Crippen LogP contribution in [0.25, 0.3) is 0 Å². The number of fused-ring (bicyclic) bond motifs is 1. The molecule has 2 aromatic rings. The van der Waals surface area contributed by atoms with Crippen LogP contribution in [0.5, 0.6) is 11.5 Å². The van der Waals surface area contributed by atoms with Crippen molar-refractivity contribution in [2.45, 2.75) is 25.4 Å². The van der Waals surface area contributed by atoms with Crippen molar-refractivity contribution >= 4 is 0 Å². The van der Waals surface area contributed by atoms with Gasteiger partial charge < -0.3 is 24.1 Å². The molecule has 2 aliphatic heterocycles. The number of nitrogens with zero attached hydrogens (tertiary/aromatic N) is 2. The summed E-state index contributed by atoms with van der Waals surface area (Å²) in [7, 11) is 2.05. The quantitative estimate of drug-likeness (QED) is 0.904. The van der Waals surface area contributed by atoms with Gasteiger partial charge in [0.15, 0.2) is 11.5 Å². The van der Waals surface area contributed by atoms with Crippen LogP contribution in [0.1, 0.15) is 30.3 Å². The maximum atomic E-state index is 5.84. The van der Waals surface area contributed by atoms with Crippen LogP contribution in [-0.2, 0) is 18.3 Å². The highest BCUT2D eigenvalue weighted by molar-refractivity contribution is 5.47. The Labute approximate surface area is 148 Å². The van der Waals surface area contributed by atoms with Crippen molar-refractivity contribution in [3.8, 4) is 11.5 Å². The van der Waals surface area contributed by atoms with Crippen molar-refractivity contribution in [1.82, 2.24) is 14.9 Å². The van der Waals surface area contributed by atoms with E-state index in [2.05, 4.69) is 28.0 Å². The number of nitrogens with one attached hydrogen (secondary N) is 1. The van der Waals surface area contributed by atoms with Crippen LogP contribution in [-0.4, -0.2) is 36.0 Å². The van der Waals surface area contributed by atoms with Crippen LogP contribution in [0.4, 0.5) is 0 Å². The highest BCUT2D eigenvalue weighted by Gasteiger charge is 2.28. The van der Waals surface area contributed by atoms with Crippen LogP contribution >= 0.6 is 0 Å². The van der Waals surface area contributed by atoms with Crippen molar-refractivity contribution < 1.29 is 14.2 Å². The van der Waals surface area contributed by atoms with Crippen molar-refractivity contribution in [3.63, 3.8) is 0 Å². The summed E-state index contributed by atoms with van der Waals surface area (Å²) in [6, 6.07) is 6.28. The number of aryl methyl sites for hydroxylation is 1. The molecule has 0 amide bonds. The summed E-state index contributed by atoms with van der Waals surface area (Å²) in [6.45, 7) is 3.59. The Bertz CT molecular complexity index is 710. The van der Waals surface area contributed by atoms with Gasteiger partial charge >= 0.3 is 0 Å². The molecule has 2 aliphatic rings. The number of ether oxygens (including phenoxy) is 3. The third kappa shape index (κ3) is 3.50. The first-order valence-electron chi connectivity index (χ1n) is 8.99. The highest BCUT2D eigenvalue weighted by Crippen LogP contribution is 2.35. The van der Waals surface area contributed by atoms with Gasteiger partial charge in [-0.05, 0) is 24.8 Å². The molecule has 0 aliphatic carbocycles. The van der Waals surface area contributed by atoms with E-state index in [-0.39, 0.29) is 6.04 Å². The Balaban J connectivity index is 1.54. The van der Waals surface area contributed by atoms with Gasteiger partial charge in [0.05, 0.1) is 6.04 Å². The maximum absolute atomic E-state index is 5.84. The SMILES string of the molecule is Cn1ccnc1C(NCc1cccc2c1OCCO2)C1CCOCC1. The first kappa shape index (κ1) is 16.4. The van der Waals surface area contributed by atoms with Gasteiger partial charge in [0, 0.05) is 44.8 Å². The lowest BCUT2D eigenvalue weighted by Gasteiger charge is -2.31. The minimum Gasteiger partial charge on any atom is -0.486 e. The van der Waals surface area contributed by atoms with Gasteiger partial charge in [0.2, 0.25) is 0 Å². The standard InChI is InChI=1S/C19H25N3O3/c1-22-8-7-20-19(22)17(14-5-9-23-10-6-14)21-13-15-3-2-4-16-18(15)25-12-11-24-16/h2-4,7-8,14,17,21H,5-6,9-13H2,1H3. The highest BCUT2D eigenvalue weighted by atomic mass is 16.6. The second kappa shape index (κ2) is 7.45. The predicted molar refractivity (Wildman–Crippen MR) is 93.8 cm³/mol. The van der Waals surface area contributed by atoms with E-state index in [4.69, 9.17) is 14.2 Å². The third-order valence-electron chi connectivity index (χ3n) is 5.03. The van der Waals surface area contributed by atoms with Crippen molar-refractivity contribution in [2.24, 2.45) is 13.0 Å². The van der Waals surface area contributed by atoms with E-state index in [1.54, 1.807) is 0 Å². The first-order valence-corrected chi connectivity index (χ1v) is 8.99. The fourth-order valence-electron chi connectivity index (χ4n) is 3.69. The van der Waals surface area contributed by atoms with Crippen LogP contribution in [0.2, 0.25) is 0 Å². The number of rotatable bonds is 5. The van der Waals surface area contributed by atoms with E-state index in [0.717, 1.165) is 55.5 Å². The predicted octanol–water partition coefficient (Wildman–Crippen LogP) is 2.45. The summed E-state index contributed by atoms with van der Waals surface area (Å²) >= 11 is 0. The summed E-state index contributed by atoms with van der Waals surface area (Å²) in [5.74, 6) is 3.30. The molecule has 1 fully saturated rings. The zero-order valence-electron chi connectivity index (χ0n) is 14.6. The van der Waals surface area contributed by atoms with Crippen LogP contribution in [0.15, 0.2) is 30.6 Å². The molecular weight excluding hydrogens is 318 g/mol. The van der Waals surface area contributed by atoms with E-state index >= 15 is 0 Å². The monoisotopic (exact) mass is 343 g/mol. The average molecular weight is 343 g/mol. The average Bonchev–Trinajstić information content (AvgIpc) is 3.09. The van der Waals surface area contributed by atoms with E-state index in [1.165, 1.54) is 0 Å². The van der Waals surface area contributed by atoms with E-state index in [1.807, 2.05) is 24.5 Å². The minimum absolute atomic E-state index is 0.198. The molecular formula is C19H25N3O3. The lowest BCUT2D eigenvalue weighted by Crippen LogP contribution is -2.34. The number of benzene rings is 1. The lowest BCUT2D eigenvalue weighted by molar-refractivity contribution is 0.0517. The molecule has 1 N–H and O–H groups in total. The van der Waals surface area contributed by atoms with E-state index in [0.29, 0.717) is 19.1 Å². The molecule has 1 saturated heterocycles. The summed E-state index contributed by atoms with van der Waals surface area (Å²) in [4.78, 5) is 4.59. The van der Waals surface area contributed by atoms with Gasteiger partial charge in [0.1, 0.15) is 19.0 Å². The summed E-state index contributed by atoms with van der Waals surface area (Å²) in [5.41, 5.74) is 1.13. The molecule has 6 heteroatoms. The van der Waals surface area contributed by atoms with Gasteiger partial charge in [-0.1, -0.05) is 12.1 Å².